The molecule has 3 nitrogen and oxygen atoms in total. The van der Waals surface area contributed by atoms with E-state index in [1.165, 1.54) is 173 Å². The number of hydrogen-bond acceptors (Lipinski definition) is 3. The first kappa shape index (κ1) is 43.7. The molecule has 4 aliphatic rings. The summed E-state index contributed by atoms with van der Waals surface area (Å²) >= 11 is 0. The van der Waals surface area contributed by atoms with E-state index < -0.39 is 0 Å². The van der Waals surface area contributed by atoms with E-state index in [4.69, 9.17) is 15.0 Å². The first-order chi connectivity index (χ1) is 24.4. The molecule has 53 heavy (non-hydrogen) atoms. The fourth-order valence-corrected chi connectivity index (χ4v) is 10.1. The second-order valence-corrected chi connectivity index (χ2v) is 16.7. The molecule has 0 atom stereocenters. The zero-order valence-electron chi connectivity index (χ0n) is 32.9. The maximum atomic E-state index is 5.58. The Balaban J connectivity index is 0.00000209. The van der Waals surface area contributed by atoms with Gasteiger partial charge in [0.05, 0.1) is 34.2 Å². The van der Waals surface area contributed by atoms with Crippen molar-refractivity contribution in [3.8, 4) is 0 Å². The number of hydrogen-bond donors (Lipinski definition) is 0. The van der Waals surface area contributed by atoms with E-state index in [-0.39, 0.29) is 41.6 Å². The molecule has 4 saturated carbocycles. The van der Waals surface area contributed by atoms with Crippen molar-refractivity contribution in [1.82, 2.24) is 4.98 Å². The van der Waals surface area contributed by atoms with Crippen LogP contribution in [0.5, 0.6) is 0 Å². The van der Waals surface area contributed by atoms with Crippen molar-refractivity contribution in [2.75, 3.05) is 0 Å². The molecule has 1 aromatic heterocycles. The number of aromatic nitrogens is 1. The molecule has 1 heterocycles. The van der Waals surface area contributed by atoms with Crippen molar-refractivity contribution >= 4 is 22.8 Å². The number of aliphatic imine (C=N–C) groups is 2. The van der Waals surface area contributed by atoms with Gasteiger partial charge in [-0.3, -0.25) is 9.98 Å². The van der Waals surface area contributed by atoms with Gasteiger partial charge in [0.25, 0.3) is 0 Å². The number of rotatable bonds is 8. The van der Waals surface area contributed by atoms with E-state index in [2.05, 4.69) is 70.2 Å². The van der Waals surface area contributed by atoms with Crippen LogP contribution in [0.4, 0.5) is 11.4 Å². The van der Waals surface area contributed by atoms with E-state index in [1.54, 1.807) is 0 Å². The molecule has 4 fully saturated rings. The number of benzene rings is 2. The van der Waals surface area contributed by atoms with Gasteiger partial charge in [-0.25, -0.2) is 4.98 Å². The van der Waals surface area contributed by atoms with Gasteiger partial charge in [0.2, 0.25) is 0 Å². The molecule has 0 bridgehead atoms. The Kier molecular flexibility index (Phi) is 17.2. The maximum Gasteiger partial charge on any atom is 2.00 e. The molecule has 7 rings (SSSR count). The Morgan fingerprint density at radius 2 is 0.736 bits per heavy atom. The van der Waals surface area contributed by atoms with E-state index in [9.17, 15) is 0 Å². The third kappa shape index (κ3) is 10.7. The van der Waals surface area contributed by atoms with E-state index in [0.717, 1.165) is 22.8 Å². The Morgan fingerprint density at radius 3 is 1.00 bits per heavy atom. The van der Waals surface area contributed by atoms with Crippen LogP contribution in [-0.4, -0.2) is 16.4 Å². The minimum absolute atomic E-state index is 0. The van der Waals surface area contributed by atoms with Gasteiger partial charge in [-0.15, -0.1) is 0 Å². The largest absolute Gasteiger partial charge is 2.00 e. The molecule has 0 N–H and O–H groups in total. The third-order valence-electron chi connectivity index (χ3n) is 12.9. The molecule has 0 spiro atoms. The molecule has 0 unspecified atom stereocenters. The van der Waals surface area contributed by atoms with Crippen LogP contribution in [-0.2, 0) is 16.8 Å². The summed E-state index contributed by atoms with van der Waals surface area (Å²) in [5.74, 6) is 2.49. The molecule has 289 valence electrons. The zero-order valence-corrected chi connectivity index (χ0v) is 35.5. The van der Waals surface area contributed by atoms with Gasteiger partial charge < -0.3 is 24.8 Å². The van der Waals surface area contributed by atoms with Gasteiger partial charge in [-0.2, -0.15) is 0 Å². The van der Waals surface area contributed by atoms with E-state index in [0.29, 0.717) is 23.7 Å². The molecular formula is C47H63Cl2CoN3. The van der Waals surface area contributed by atoms with Crippen LogP contribution < -0.4 is 24.8 Å². The second-order valence-electron chi connectivity index (χ2n) is 16.7. The summed E-state index contributed by atoms with van der Waals surface area (Å²) < 4.78 is 0. The molecule has 6 heteroatoms. The predicted molar refractivity (Wildman–Crippen MR) is 214 cm³/mol. The molecule has 3 aromatic rings. The minimum Gasteiger partial charge on any atom is -1.00 e. The summed E-state index contributed by atoms with van der Waals surface area (Å²) in [6, 6.07) is 16.4. The van der Waals surface area contributed by atoms with Crippen LogP contribution in [0.25, 0.3) is 0 Å². The molecule has 0 saturated heterocycles. The van der Waals surface area contributed by atoms with Crippen LogP contribution in [0.1, 0.15) is 211 Å². The van der Waals surface area contributed by atoms with Crippen molar-refractivity contribution in [3.63, 3.8) is 0 Å². The summed E-state index contributed by atoms with van der Waals surface area (Å²) in [6.07, 6.45) is 26.6. The topological polar surface area (TPSA) is 37.6 Å². The summed E-state index contributed by atoms with van der Waals surface area (Å²) in [7, 11) is 0. The smallest absolute Gasteiger partial charge is 1.00 e. The Hall–Kier alpha value is -1.98. The van der Waals surface area contributed by atoms with Gasteiger partial charge in [0.15, 0.2) is 0 Å². The van der Waals surface area contributed by atoms with Crippen molar-refractivity contribution in [3.05, 3.63) is 87.2 Å². The average molecular weight is 800 g/mol. The Labute approximate surface area is 344 Å². The normalized spacial score (nSPS) is 19.9. The quantitative estimate of drug-likeness (QED) is 0.212. The average Bonchev–Trinajstić information content (AvgIpc) is 3.17. The van der Waals surface area contributed by atoms with Gasteiger partial charge in [0.1, 0.15) is 0 Å². The standard InChI is InChI=1S/C47H63N3.2ClH.Co/c1-32-28-40(36-18-9-5-10-19-36)46(41(29-32)37-20-11-6-12-21-37)48-34(3)44-26-17-27-45(50-44)35(4)49-47-42(38-22-13-7-14-23-38)30-33(2)31-43(47)39-24-15-8-16-25-39;;;/h17,26-31,36-39H,5-16,18-25H2,1-4H3;2*1H;/q;;;+2/p-2. The van der Waals surface area contributed by atoms with E-state index in [1.807, 2.05) is 0 Å². The first-order valence-electron chi connectivity index (χ1n) is 20.8. The van der Waals surface area contributed by atoms with Gasteiger partial charge in [-0.1, -0.05) is 119 Å². The second kappa shape index (κ2) is 20.8. The monoisotopic (exact) mass is 798 g/mol. The van der Waals surface area contributed by atoms with Crippen molar-refractivity contribution in [2.45, 2.75) is 180 Å². The van der Waals surface area contributed by atoms with Crippen LogP contribution in [0.15, 0.2) is 52.4 Å². The summed E-state index contributed by atoms with van der Waals surface area (Å²) in [4.78, 5) is 16.5. The number of halogens is 2. The zero-order chi connectivity index (χ0) is 34.5. The minimum atomic E-state index is 0. The van der Waals surface area contributed by atoms with Crippen LogP contribution in [0, 0.1) is 13.8 Å². The number of pyridine rings is 1. The molecule has 0 aliphatic heterocycles. The molecule has 4 aliphatic carbocycles. The molecule has 1 radical (unpaired) electrons. The van der Waals surface area contributed by atoms with Gasteiger partial charge in [-0.05, 0) is 137 Å². The van der Waals surface area contributed by atoms with Gasteiger partial charge >= 0.3 is 16.8 Å². The van der Waals surface area contributed by atoms with E-state index >= 15 is 0 Å². The fraction of sp³-hybridized carbons (Fsp3) is 0.596. The molecule has 0 amide bonds. The Bertz CT molecular complexity index is 1490. The maximum absolute atomic E-state index is 5.58. The summed E-state index contributed by atoms with van der Waals surface area (Å²) in [5, 5.41) is 0. The van der Waals surface area contributed by atoms with Crippen LogP contribution >= 0.6 is 0 Å². The van der Waals surface area contributed by atoms with Crippen LogP contribution in [0.3, 0.4) is 0 Å². The van der Waals surface area contributed by atoms with Crippen molar-refractivity contribution in [2.24, 2.45) is 9.98 Å². The van der Waals surface area contributed by atoms with Crippen LogP contribution in [0.2, 0.25) is 0 Å². The molecular weight excluding hydrogens is 736 g/mol. The Morgan fingerprint density at radius 1 is 0.472 bits per heavy atom. The third-order valence-corrected chi connectivity index (χ3v) is 12.9. The molecule has 2 aromatic carbocycles. The number of nitrogens with zero attached hydrogens (tertiary/aromatic N) is 3. The summed E-state index contributed by atoms with van der Waals surface area (Å²) in [6.45, 7) is 8.99. The van der Waals surface area contributed by atoms with Gasteiger partial charge in [0, 0.05) is 0 Å². The SMILES string of the molecule is CC(=Nc1c(C2CCCCC2)cc(C)cc1C1CCCCC1)c1cccc(C(C)=Nc2c(C3CCCCC3)cc(C)cc2C2CCCCC2)n1.[Cl-].[Cl-].[Co+2]. The van der Waals surface area contributed by atoms with Crippen molar-refractivity contribution in [1.29, 1.82) is 0 Å². The number of aryl methyl sites for hydroxylation is 2. The first-order valence-corrected chi connectivity index (χ1v) is 20.8. The van der Waals surface area contributed by atoms with Crippen molar-refractivity contribution < 1.29 is 41.6 Å². The fourth-order valence-electron chi connectivity index (χ4n) is 10.1. The summed E-state index contributed by atoms with van der Waals surface area (Å²) in [5.41, 5.74) is 15.4. The predicted octanol–water partition coefficient (Wildman–Crippen LogP) is 8.18.